The lowest BCUT2D eigenvalue weighted by Gasteiger charge is -2.39. The molecule has 0 saturated carbocycles. The molecule has 6 rings (SSSR count). The van der Waals surface area contributed by atoms with Crippen molar-refractivity contribution >= 4 is 29.2 Å². The van der Waals surface area contributed by atoms with Crippen LogP contribution in [0.15, 0.2) is 78.9 Å². The Bertz CT molecular complexity index is 1350. The molecule has 3 aromatic carbocycles. The second-order valence-corrected chi connectivity index (χ2v) is 10.4. The van der Waals surface area contributed by atoms with E-state index in [-0.39, 0.29) is 24.4 Å². The maximum absolute atomic E-state index is 13.9. The molecular formula is C31H34ClN3O. The van der Waals surface area contributed by atoms with E-state index in [1.54, 1.807) is 0 Å². The van der Waals surface area contributed by atoms with Crippen LogP contribution in [0.3, 0.4) is 0 Å². The summed E-state index contributed by atoms with van der Waals surface area (Å²) in [6.07, 6.45) is 4.51. The van der Waals surface area contributed by atoms with Gasteiger partial charge in [-0.05, 0) is 55.9 Å². The first-order valence-electron chi connectivity index (χ1n) is 12.8. The Kier molecular flexibility index (Phi) is 6.92. The summed E-state index contributed by atoms with van der Waals surface area (Å²) in [6.45, 7) is 3.11. The van der Waals surface area contributed by atoms with Gasteiger partial charge in [0.15, 0.2) is 0 Å². The van der Waals surface area contributed by atoms with E-state index in [1.165, 1.54) is 24.0 Å². The molecule has 2 aliphatic heterocycles. The Hall–Kier alpha value is -3.08. The van der Waals surface area contributed by atoms with Gasteiger partial charge < -0.3 is 9.88 Å². The monoisotopic (exact) mass is 499 g/mol. The number of aryl methyl sites for hydroxylation is 2. The van der Waals surface area contributed by atoms with Crippen LogP contribution in [0.4, 0.5) is 0 Å². The minimum absolute atomic E-state index is 0. The second kappa shape index (κ2) is 10.1. The molecule has 4 aromatic rings. The lowest BCUT2D eigenvalue weighted by molar-refractivity contribution is 0.0829. The van der Waals surface area contributed by atoms with E-state index in [2.05, 4.69) is 89.4 Å². The molecule has 2 bridgehead atoms. The average molecular weight is 500 g/mol. The summed E-state index contributed by atoms with van der Waals surface area (Å²) in [7, 11) is 2.07. The highest BCUT2D eigenvalue weighted by Crippen LogP contribution is 2.38. The lowest BCUT2D eigenvalue weighted by atomic mass is 9.95. The number of piperidine rings is 1. The number of carbonyl (C=O) groups excluding carboxylic acids is 1. The van der Waals surface area contributed by atoms with Gasteiger partial charge in [0.1, 0.15) is 0 Å². The summed E-state index contributed by atoms with van der Waals surface area (Å²) in [4.78, 5) is 16.6. The van der Waals surface area contributed by atoms with Gasteiger partial charge in [0, 0.05) is 42.6 Å². The number of amides is 1. The summed E-state index contributed by atoms with van der Waals surface area (Å²) >= 11 is 0. The quantitative estimate of drug-likeness (QED) is 0.340. The summed E-state index contributed by atoms with van der Waals surface area (Å²) < 4.78 is 2.17. The fourth-order valence-electron chi connectivity index (χ4n) is 6.42. The molecule has 5 heteroatoms. The summed E-state index contributed by atoms with van der Waals surface area (Å²) in [5.74, 6) is 0.0564. The van der Waals surface area contributed by atoms with E-state index in [9.17, 15) is 4.79 Å². The number of benzene rings is 3. The van der Waals surface area contributed by atoms with Gasteiger partial charge in [-0.25, -0.2) is 0 Å². The first-order valence-corrected chi connectivity index (χ1v) is 12.8. The number of hydrogen-bond acceptors (Lipinski definition) is 2. The molecule has 0 radical (unpaired) electrons. The minimum Gasteiger partial charge on any atom is -0.349 e. The molecule has 1 amide bonds. The van der Waals surface area contributed by atoms with Crippen LogP contribution in [0.5, 0.6) is 0 Å². The smallest absolute Gasteiger partial charge is 0.254 e. The number of nitrogens with one attached hydrogen (secondary N) is 1. The van der Waals surface area contributed by atoms with Gasteiger partial charge in [-0.15, -0.1) is 12.4 Å². The van der Waals surface area contributed by atoms with Crippen LogP contribution in [0.1, 0.15) is 47.2 Å². The normalized spacial score (nSPS) is 21.3. The molecule has 4 nitrogen and oxygen atoms in total. The van der Waals surface area contributed by atoms with E-state index in [1.807, 2.05) is 18.2 Å². The van der Waals surface area contributed by atoms with Crippen molar-refractivity contribution in [2.75, 3.05) is 0 Å². The molecule has 2 fully saturated rings. The third kappa shape index (κ3) is 4.44. The molecule has 1 N–H and O–H groups in total. The number of aromatic nitrogens is 1. The third-order valence-corrected chi connectivity index (χ3v) is 8.06. The van der Waals surface area contributed by atoms with Crippen LogP contribution < -0.4 is 5.32 Å². The van der Waals surface area contributed by atoms with Crippen molar-refractivity contribution in [2.24, 2.45) is 7.05 Å². The molecule has 0 spiro atoms. The largest absolute Gasteiger partial charge is 0.349 e. The van der Waals surface area contributed by atoms with E-state index in [4.69, 9.17) is 0 Å². The highest BCUT2D eigenvalue weighted by atomic mass is 35.5. The first-order chi connectivity index (χ1) is 17.1. The molecule has 0 aliphatic carbocycles. The summed E-state index contributed by atoms with van der Waals surface area (Å²) in [5.41, 5.74) is 6.52. The Morgan fingerprint density at radius 1 is 0.917 bits per heavy atom. The Morgan fingerprint density at radius 2 is 1.56 bits per heavy atom. The highest BCUT2D eigenvalue weighted by molar-refractivity contribution is 6.13. The van der Waals surface area contributed by atoms with Crippen LogP contribution in [0.2, 0.25) is 0 Å². The minimum atomic E-state index is 0. The van der Waals surface area contributed by atoms with Crippen molar-refractivity contribution < 1.29 is 4.79 Å². The van der Waals surface area contributed by atoms with Crippen molar-refractivity contribution in [3.8, 4) is 11.3 Å². The average Bonchev–Trinajstić information content (AvgIpc) is 3.28. The van der Waals surface area contributed by atoms with Crippen LogP contribution in [-0.4, -0.2) is 33.5 Å². The Labute approximate surface area is 219 Å². The molecular weight excluding hydrogens is 466 g/mol. The van der Waals surface area contributed by atoms with Gasteiger partial charge in [-0.2, -0.15) is 0 Å². The number of halogens is 1. The van der Waals surface area contributed by atoms with Crippen molar-refractivity contribution in [3.05, 3.63) is 95.6 Å². The van der Waals surface area contributed by atoms with E-state index in [0.29, 0.717) is 12.1 Å². The number of nitrogens with zero attached hydrogens (tertiary/aromatic N) is 2. The van der Waals surface area contributed by atoms with Crippen LogP contribution in [0.25, 0.3) is 22.2 Å². The molecule has 2 saturated heterocycles. The fourth-order valence-corrected chi connectivity index (χ4v) is 6.42. The molecule has 186 valence electrons. The van der Waals surface area contributed by atoms with Crippen molar-refractivity contribution in [2.45, 2.75) is 57.3 Å². The SMILES string of the molecule is Cc1ccc2c(c1)c(C(=O)NC1CC3CCC(C1)N3Cc1ccccc1)c(-c1ccccc1)n2C.Cl. The molecule has 2 unspecified atom stereocenters. The predicted molar refractivity (Wildman–Crippen MR) is 150 cm³/mol. The van der Waals surface area contributed by atoms with Crippen LogP contribution in [-0.2, 0) is 13.6 Å². The van der Waals surface area contributed by atoms with Gasteiger partial charge in [-0.3, -0.25) is 9.69 Å². The third-order valence-electron chi connectivity index (χ3n) is 8.06. The number of rotatable bonds is 5. The molecule has 3 heterocycles. The molecule has 36 heavy (non-hydrogen) atoms. The number of carbonyl (C=O) groups is 1. The fraction of sp³-hybridized carbons (Fsp3) is 0.323. The zero-order chi connectivity index (χ0) is 23.9. The Balaban J connectivity index is 0.00000267. The topological polar surface area (TPSA) is 37.3 Å². The van der Waals surface area contributed by atoms with Crippen LogP contribution in [0, 0.1) is 6.92 Å². The van der Waals surface area contributed by atoms with Gasteiger partial charge in [0.25, 0.3) is 5.91 Å². The highest BCUT2D eigenvalue weighted by Gasteiger charge is 2.41. The lowest BCUT2D eigenvalue weighted by Crippen LogP contribution is -2.50. The number of hydrogen-bond donors (Lipinski definition) is 1. The van der Waals surface area contributed by atoms with E-state index < -0.39 is 0 Å². The maximum Gasteiger partial charge on any atom is 0.254 e. The van der Waals surface area contributed by atoms with Crippen molar-refractivity contribution in [3.63, 3.8) is 0 Å². The van der Waals surface area contributed by atoms with Crippen molar-refractivity contribution in [1.82, 2.24) is 14.8 Å². The number of fused-ring (bicyclic) bond motifs is 3. The molecule has 1 aromatic heterocycles. The first kappa shape index (κ1) is 24.6. The Morgan fingerprint density at radius 3 is 2.22 bits per heavy atom. The van der Waals surface area contributed by atoms with Gasteiger partial charge in [0.2, 0.25) is 0 Å². The zero-order valence-corrected chi connectivity index (χ0v) is 21.8. The summed E-state index contributed by atoms with van der Waals surface area (Å²) in [6, 6.07) is 28.8. The van der Waals surface area contributed by atoms with E-state index >= 15 is 0 Å². The predicted octanol–water partition coefficient (Wildman–Crippen LogP) is 6.50. The van der Waals surface area contributed by atoms with Crippen LogP contribution >= 0.6 is 12.4 Å². The second-order valence-electron chi connectivity index (χ2n) is 10.4. The van der Waals surface area contributed by atoms with Gasteiger partial charge in [0.05, 0.1) is 11.3 Å². The van der Waals surface area contributed by atoms with Gasteiger partial charge >= 0.3 is 0 Å². The summed E-state index contributed by atoms with van der Waals surface area (Å²) in [5, 5.41) is 4.51. The van der Waals surface area contributed by atoms with E-state index in [0.717, 1.165) is 47.1 Å². The van der Waals surface area contributed by atoms with Crippen molar-refractivity contribution in [1.29, 1.82) is 0 Å². The zero-order valence-electron chi connectivity index (χ0n) is 21.0. The molecule has 2 aliphatic rings. The molecule has 2 atom stereocenters. The van der Waals surface area contributed by atoms with Gasteiger partial charge in [-0.1, -0.05) is 72.3 Å². The maximum atomic E-state index is 13.9. The standard InChI is InChI=1S/C31H33N3O.ClH/c1-21-13-16-28-27(17-21)29(30(33(28)2)23-11-7-4-8-12-23)31(35)32-24-18-25-14-15-26(19-24)34(25)20-22-9-5-3-6-10-22;/h3-13,16-17,24-26H,14-15,18-20H2,1-2H3,(H,32,35);1H.